The number of anilines is 1. The summed E-state index contributed by atoms with van der Waals surface area (Å²) in [6.45, 7) is 1.98. The summed E-state index contributed by atoms with van der Waals surface area (Å²) in [4.78, 5) is 15.8. The molecule has 0 bridgehead atoms. The Labute approximate surface area is 139 Å². The van der Waals surface area contributed by atoms with Crippen LogP contribution in [0, 0.1) is 0 Å². The summed E-state index contributed by atoms with van der Waals surface area (Å²) in [5.41, 5.74) is 0.782. The molecule has 0 saturated carbocycles. The van der Waals surface area contributed by atoms with Crippen molar-refractivity contribution in [2.45, 2.75) is 18.6 Å². The van der Waals surface area contributed by atoms with Gasteiger partial charge in [0.15, 0.2) is 0 Å². The first-order valence-corrected chi connectivity index (χ1v) is 8.53. The fraction of sp³-hybridized carbons (Fsp3) is 0.231. The fourth-order valence-electron chi connectivity index (χ4n) is 1.61. The van der Waals surface area contributed by atoms with Crippen molar-refractivity contribution < 1.29 is 9.21 Å². The molecule has 0 aliphatic rings. The third kappa shape index (κ3) is 4.11. The fourth-order valence-corrected chi connectivity index (χ4v) is 2.87. The number of rotatable bonds is 6. The van der Waals surface area contributed by atoms with Crippen LogP contribution in [0.25, 0.3) is 11.5 Å². The third-order valence-corrected chi connectivity index (χ3v) is 4.48. The van der Waals surface area contributed by atoms with Gasteiger partial charge in [-0.15, -0.1) is 20.4 Å². The molecule has 0 spiro atoms. The average Bonchev–Trinajstić information content (AvgIpc) is 3.23. The molecule has 0 aliphatic carbocycles. The molecule has 0 fully saturated rings. The van der Waals surface area contributed by atoms with Gasteiger partial charge in [0.2, 0.25) is 16.9 Å². The molecule has 0 aromatic carbocycles. The van der Waals surface area contributed by atoms with E-state index in [9.17, 15) is 4.79 Å². The van der Waals surface area contributed by atoms with Crippen molar-refractivity contribution in [1.29, 1.82) is 0 Å². The summed E-state index contributed by atoms with van der Waals surface area (Å²) in [5.74, 6) is 0.350. The molecule has 3 heterocycles. The van der Waals surface area contributed by atoms with Crippen molar-refractivity contribution in [3.05, 3.63) is 29.5 Å². The number of aryl methyl sites for hydroxylation is 1. The molecule has 3 rings (SSSR count). The number of aromatic nitrogens is 5. The summed E-state index contributed by atoms with van der Waals surface area (Å²) in [7, 11) is 0. The molecule has 0 aliphatic heterocycles. The lowest BCUT2D eigenvalue weighted by Crippen LogP contribution is -2.13. The molecule has 3 aromatic heterocycles. The van der Waals surface area contributed by atoms with Crippen LogP contribution in [0.1, 0.15) is 11.9 Å². The van der Waals surface area contributed by atoms with Crippen LogP contribution in [0.5, 0.6) is 0 Å². The number of nitrogens with zero attached hydrogens (tertiary/aromatic N) is 5. The lowest BCUT2D eigenvalue weighted by molar-refractivity contribution is -0.113. The first kappa shape index (κ1) is 15.6. The Kier molecular flexibility index (Phi) is 4.93. The highest BCUT2D eigenvalue weighted by atomic mass is 32.2. The largest absolute Gasteiger partial charge is 0.411 e. The zero-order valence-corrected chi connectivity index (χ0v) is 13.7. The topological polar surface area (TPSA) is 107 Å². The Bertz CT molecular complexity index is 789. The van der Waals surface area contributed by atoms with Gasteiger partial charge < -0.3 is 4.42 Å². The lowest BCUT2D eigenvalue weighted by Gasteiger charge is -1.98. The molecule has 0 radical (unpaired) electrons. The summed E-state index contributed by atoms with van der Waals surface area (Å²) in [6, 6.07) is 3.55. The summed E-state index contributed by atoms with van der Waals surface area (Å²) in [5, 5.41) is 20.1. The minimum atomic E-state index is -0.197. The van der Waals surface area contributed by atoms with Gasteiger partial charge in [0.05, 0.1) is 5.75 Å². The normalized spacial score (nSPS) is 10.7. The quantitative estimate of drug-likeness (QED) is 0.676. The number of thioether (sulfide) groups is 1. The number of carbonyl (C=O) groups excluding carboxylic acids is 1. The van der Waals surface area contributed by atoms with E-state index in [1.807, 2.05) is 6.92 Å². The van der Waals surface area contributed by atoms with Gasteiger partial charge in [0.25, 0.3) is 5.22 Å². The predicted molar refractivity (Wildman–Crippen MR) is 86.2 cm³/mol. The van der Waals surface area contributed by atoms with E-state index in [2.05, 4.69) is 30.7 Å². The molecule has 8 nitrogen and oxygen atoms in total. The van der Waals surface area contributed by atoms with Crippen LogP contribution < -0.4 is 5.32 Å². The Morgan fingerprint density at radius 2 is 2.09 bits per heavy atom. The number of hydrogen-bond donors (Lipinski definition) is 1. The van der Waals surface area contributed by atoms with Gasteiger partial charge in [-0.3, -0.25) is 15.1 Å². The highest BCUT2D eigenvalue weighted by Crippen LogP contribution is 2.23. The first-order chi connectivity index (χ1) is 11.2. The average molecular weight is 348 g/mol. The monoisotopic (exact) mass is 348 g/mol. The molecular weight excluding hydrogens is 336 g/mol. The molecular formula is C13H12N6O2S2. The lowest BCUT2D eigenvalue weighted by atomic mass is 10.3. The number of hydrogen-bond acceptors (Lipinski definition) is 9. The van der Waals surface area contributed by atoms with Gasteiger partial charge in [-0.2, -0.15) is 0 Å². The maximum Gasteiger partial charge on any atom is 0.277 e. The minimum Gasteiger partial charge on any atom is -0.411 e. The number of nitrogens with one attached hydrogen (secondary N) is 1. The van der Waals surface area contributed by atoms with Gasteiger partial charge in [-0.1, -0.05) is 30.0 Å². The van der Waals surface area contributed by atoms with Crippen LogP contribution in [-0.4, -0.2) is 37.0 Å². The third-order valence-electron chi connectivity index (χ3n) is 2.68. The maximum absolute atomic E-state index is 11.9. The van der Waals surface area contributed by atoms with Gasteiger partial charge in [0.1, 0.15) is 5.01 Å². The van der Waals surface area contributed by atoms with E-state index in [1.165, 1.54) is 11.3 Å². The smallest absolute Gasteiger partial charge is 0.277 e. The van der Waals surface area contributed by atoms with Crippen molar-refractivity contribution in [2.75, 3.05) is 11.1 Å². The minimum absolute atomic E-state index is 0.152. The SMILES string of the molecule is CCc1nnc(NC(=O)CSc2nnc(-c3ccncc3)o2)s1. The molecule has 118 valence electrons. The Hall–Kier alpha value is -2.33. The van der Waals surface area contributed by atoms with E-state index in [0.29, 0.717) is 16.2 Å². The Morgan fingerprint density at radius 3 is 2.83 bits per heavy atom. The zero-order valence-electron chi connectivity index (χ0n) is 12.1. The van der Waals surface area contributed by atoms with Gasteiger partial charge in [-0.25, -0.2) is 0 Å². The van der Waals surface area contributed by atoms with Crippen molar-refractivity contribution in [3.63, 3.8) is 0 Å². The molecule has 10 heteroatoms. The summed E-state index contributed by atoms with van der Waals surface area (Å²) >= 11 is 2.53. The number of pyridine rings is 1. The van der Waals surface area contributed by atoms with Gasteiger partial charge in [0, 0.05) is 18.0 Å². The van der Waals surface area contributed by atoms with E-state index >= 15 is 0 Å². The maximum atomic E-state index is 11.9. The Balaban J connectivity index is 1.54. The van der Waals surface area contributed by atoms with E-state index < -0.39 is 0 Å². The van der Waals surface area contributed by atoms with Crippen LogP contribution >= 0.6 is 23.1 Å². The zero-order chi connectivity index (χ0) is 16.1. The second kappa shape index (κ2) is 7.29. The van der Waals surface area contributed by atoms with E-state index in [1.54, 1.807) is 24.5 Å². The second-order valence-electron chi connectivity index (χ2n) is 4.30. The highest BCUT2D eigenvalue weighted by molar-refractivity contribution is 7.99. The van der Waals surface area contributed by atoms with Gasteiger partial charge >= 0.3 is 0 Å². The van der Waals surface area contributed by atoms with Crippen molar-refractivity contribution in [3.8, 4) is 11.5 Å². The van der Waals surface area contributed by atoms with Gasteiger partial charge in [-0.05, 0) is 18.6 Å². The van der Waals surface area contributed by atoms with Crippen molar-refractivity contribution in [2.24, 2.45) is 0 Å². The molecule has 0 saturated heterocycles. The van der Waals surface area contributed by atoms with E-state index in [4.69, 9.17) is 4.42 Å². The number of carbonyl (C=O) groups is 1. The second-order valence-corrected chi connectivity index (χ2v) is 6.29. The van der Waals surface area contributed by atoms with Crippen LogP contribution in [-0.2, 0) is 11.2 Å². The molecule has 1 N–H and O–H groups in total. The van der Waals surface area contributed by atoms with Crippen LogP contribution in [0.3, 0.4) is 0 Å². The molecule has 0 atom stereocenters. The predicted octanol–water partition coefficient (Wildman–Crippen LogP) is 2.28. The Morgan fingerprint density at radius 1 is 1.26 bits per heavy atom. The van der Waals surface area contributed by atoms with Crippen molar-refractivity contribution >= 4 is 34.1 Å². The molecule has 23 heavy (non-hydrogen) atoms. The summed E-state index contributed by atoms with van der Waals surface area (Å²) < 4.78 is 5.50. The standard InChI is InChI=1S/C13H12N6O2S2/c1-2-10-16-18-12(23-10)15-9(20)7-22-13-19-17-11(21-13)8-3-5-14-6-4-8/h3-6H,2,7H2,1H3,(H,15,18,20). The van der Waals surface area contributed by atoms with E-state index in [-0.39, 0.29) is 11.7 Å². The number of amides is 1. The molecule has 0 unspecified atom stereocenters. The summed E-state index contributed by atoms with van der Waals surface area (Å²) in [6.07, 6.45) is 4.08. The molecule has 3 aromatic rings. The van der Waals surface area contributed by atoms with Crippen LogP contribution in [0.15, 0.2) is 34.2 Å². The van der Waals surface area contributed by atoms with Crippen LogP contribution in [0.2, 0.25) is 0 Å². The molecule has 1 amide bonds. The van der Waals surface area contributed by atoms with E-state index in [0.717, 1.165) is 28.8 Å². The van der Waals surface area contributed by atoms with Crippen LogP contribution in [0.4, 0.5) is 5.13 Å². The van der Waals surface area contributed by atoms with Crippen molar-refractivity contribution in [1.82, 2.24) is 25.4 Å². The first-order valence-electron chi connectivity index (χ1n) is 6.73. The highest BCUT2D eigenvalue weighted by Gasteiger charge is 2.12.